The molecule has 2 rings (SSSR count). The van der Waals surface area contributed by atoms with E-state index in [4.69, 9.17) is 4.74 Å². The van der Waals surface area contributed by atoms with Gasteiger partial charge in [0.2, 0.25) is 5.91 Å². The molecule has 0 radical (unpaired) electrons. The van der Waals surface area contributed by atoms with Crippen molar-refractivity contribution in [2.45, 2.75) is 57.1 Å². The lowest BCUT2D eigenvalue weighted by atomic mass is 9.87. The molecule has 0 spiro atoms. The van der Waals surface area contributed by atoms with Crippen molar-refractivity contribution in [3.8, 4) is 0 Å². The van der Waals surface area contributed by atoms with E-state index in [9.17, 15) is 9.90 Å². The molecule has 1 heterocycles. The number of carbonyl (C=O) groups excluding carboxylic acids is 1. The molecular weight excluding hydrogens is 230 g/mol. The molecule has 2 fully saturated rings. The van der Waals surface area contributed by atoms with Crippen LogP contribution in [0.1, 0.15) is 44.9 Å². The summed E-state index contributed by atoms with van der Waals surface area (Å²) in [5, 5.41) is 10.1. The van der Waals surface area contributed by atoms with E-state index in [1.54, 1.807) is 7.11 Å². The van der Waals surface area contributed by atoms with E-state index in [2.05, 4.69) is 0 Å². The van der Waals surface area contributed by atoms with Crippen molar-refractivity contribution in [3.05, 3.63) is 0 Å². The van der Waals surface area contributed by atoms with Gasteiger partial charge in [-0.2, -0.15) is 0 Å². The Kier molecular flexibility index (Phi) is 5.01. The van der Waals surface area contributed by atoms with E-state index >= 15 is 0 Å². The number of carbonyl (C=O) groups is 1. The third kappa shape index (κ3) is 3.04. The first-order chi connectivity index (χ1) is 8.74. The summed E-state index contributed by atoms with van der Waals surface area (Å²) >= 11 is 0. The number of nitrogens with zero attached hydrogens (tertiary/aromatic N) is 1. The monoisotopic (exact) mass is 255 g/mol. The van der Waals surface area contributed by atoms with Crippen LogP contribution < -0.4 is 0 Å². The molecule has 0 aromatic carbocycles. The Labute approximate surface area is 109 Å². The van der Waals surface area contributed by atoms with Crippen molar-refractivity contribution >= 4 is 5.91 Å². The van der Waals surface area contributed by atoms with Gasteiger partial charge in [-0.25, -0.2) is 0 Å². The summed E-state index contributed by atoms with van der Waals surface area (Å²) in [5.41, 5.74) is 0. The number of piperidine rings is 1. The summed E-state index contributed by atoms with van der Waals surface area (Å²) in [5.74, 6) is 0.498. The highest BCUT2D eigenvalue weighted by Gasteiger charge is 2.38. The van der Waals surface area contributed by atoms with Crippen LogP contribution in [0.2, 0.25) is 0 Å². The second kappa shape index (κ2) is 6.53. The Hall–Kier alpha value is -0.610. The average molecular weight is 255 g/mol. The molecule has 1 aliphatic heterocycles. The quantitative estimate of drug-likeness (QED) is 0.829. The molecule has 104 valence electrons. The number of aliphatic hydroxyl groups is 1. The van der Waals surface area contributed by atoms with Crippen molar-refractivity contribution in [3.63, 3.8) is 0 Å². The largest absolute Gasteiger partial charge is 0.393 e. The molecule has 0 bridgehead atoms. The van der Waals surface area contributed by atoms with Crippen LogP contribution in [0.5, 0.6) is 0 Å². The minimum Gasteiger partial charge on any atom is -0.393 e. The van der Waals surface area contributed by atoms with Crippen LogP contribution in [-0.2, 0) is 9.53 Å². The third-order valence-electron chi connectivity index (χ3n) is 4.42. The van der Waals surface area contributed by atoms with Crippen LogP contribution in [0.15, 0.2) is 0 Å². The molecule has 4 heteroatoms. The molecule has 1 amide bonds. The van der Waals surface area contributed by atoms with Gasteiger partial charge in [-0.1, -0.05) is 6.42 Å². The van der Waals surface area contributed by atoms with E-state index in [1.165, 1.54) is 6.42 Å². The number of likely N-dealkylation sites (tertiary alicyclic amines) is 1. The SMILES string of the molecule is COCCC(=O)N1CCCCC1C1CCCC1O. The zero-order valence-corrected chi connectivity index (χ0v) is 11.3. The fraction of sp³-hybridized carbons (Fsp3) is 0.929. The van der Waals surface area contributed by atoms with Crippen LogP contribution in [0, 0.1) is 5.92 Å². The van der Waals surface area contributed by atoms with Gasteiger partial charge in [0.1, 0.15) is 0 Å². The Morgan fingerprint density at radius 1 is 1.28 bits per heavy atom. The van der Waals surface area contributed by atoms with Gasteiger partial charge in [-0.05, 0) is 32.1 Å². The van der Waals surface area contributed by atoms with E-state index in [-0.39, 0.29) is 18.1 Å². The van der Waals surface area contributed by atoms with Gasteiger partial charge in [0.25, 0.3) is 0 Å². The molecule has 18 heavy (non-hydrogen) atoms. The minimum absolute atomic E-state index is 0.195. The average Bonchev–Trinajstić information content (AvgIpc) is 2.82. The van der Waals surface area contributed by atoms with Gasteiger partial charge in [0.15, 0.2) is 0 Å². The van der Waals surface area contributed by atoms with Gasteiger partial charge < -0.3 is 14.7 Å². The lowest BCUT2D eigenvalue weighted by Crippen LogP contribution is -2.49. The van der Waals surface area contributed by atoms with E-state index in [0.29, 0.717) is 18.9 Å². The molecule has 0 aromatic rings. The fourth-order valence-electron chi connectivity index (χ4n) is 3.46. The summed E-state index contributed by atoms with van der Waals surface area (Å²) in [6, 6.07) is 0.264. The highest BCUT2D eigenvalue weighted by molar-refractivity contribution is 5.76. The summed E-state index contributed by atoms with van der Waals surface area (Å²) in [4.78, 5) is 14.2. The first-order valence-corrected chi connectivity index (χ1v) is 7.20. The third-order valence-corrected chi connectivity index (χ3v) is 4.42. The highest BCUT2D eigenvalue weighted by Crippen LogP contribution is 2.35. The van der Waals surface area contributed by atoms with E-state index < -0.39 is 0 Å². The van der Waals surface area contributed by atoms with Crippen LogP contribution in [0.4, 0.5) is 0 Å². The lowest BCUT2D eigenvalue weighted by Gasteiger charge is -2.40. The van der Waals surface area contributed by atoms with Crippen molar-refractivity contribution in [1.82, 2.24) is 4.90 Å². The van der Waals surface area contributed by atoms with Gasteiger partial charge in [0, 0.05) is 25.6 Å². The van der Waals surface area contributed by atoms with Gasteiger partial charge in [0.05, 0.1) is 19.1 Å². The van der Waals surface area contributed by atoms with Crippen molar-refractivity contribution in [1.29, 1.82) is 0 Å². The van der Waals surface area contributed by atoms with Crippen LogP contribution in [0.3, 0.4) is 0 Å². The Morgan fingerprint density at radius 3 is 2.78 bits per heavy atom. The lowest BCUT2D eigenvalue weighted by molar-refractivity contribution is -0.138. The second-order valence-corrected chi connectivity index (χ2v) is 5.56. The number of amides is 1. The standard InChI is InChI=1S/C14H25NO3/c1-18-10-8-14(17)15-9-3-2-6-12(15)11-5-4-7-13(11)16/h11-13,16H,2-10H2,1H3. The van der Waals surface area contributed by atoms with E-state index in [0.717, 1.165) is 38.6 Å². The smallest absolute Gasteiger partial charge is 0.225 e. The Bertz CT molecular complexity index is 282. The molecule has 2 aliphatic rings. The van der Waals surface area contributed by atoms with Crippen LogP contribution >= 0.6 is 0 Å². The molecule has 1 N–H and O–H groups in total. The van der Waals surface area contributed by atoms with Crippen molar-refractivity contribution in [2.75, 3.05) is 20.3 Å². The zero-order chi connectivity index (χ0) is 13.0. The summed E-state index contributed by atoms with van der Waals surface area (Å²) < 4.78 is 4.99. The zero-order valence-electron chi connectivity index (χ0n) is 11.3. The minimum atomic E-state index is -0.203. The molecule has 1 aliphatic carbocycles. The summed E-state index contributed by atoms with van der Waals surface area (Å²) in [6.07, 6.45) is 6.67. The first kappa shape index (κ1) is 13.8. The normalized spacial score (nSPS) is 32.8. The Balaban J connectivity index is 1.98. The molecule has 1 saturated heterocycles. The van der Waals surface area contributed by atoms with E-state index in [1.807, 2.05) is 4.90 Å². The van der Waals surface area contributed by atoms with Crippen LogP contribution in [0.25, 0.3) is 0 Å². The number of methoxy groups -OCH3 is 1. The maximum absolute atomic E-state index is 12.2. The second-order valence-electron chi connectivity index (χ2n) is 5.56. The maximum Gasteiger partial charge on any atom is 0.225 e. The number of hydrogen-bond acceptors (Lipinski definition) is 3. The number of aliphatic hydroxyl groups excluding tert-OH is 1. The van der Waals surface area contributed by atoms with Gasteiger partial charge >= 0.3 is 0 Å². The van der Waals surface area contributed by atoms with Crippen molar-refractivity contribution in [2.24, 2.45) is 5.92 Å². The summed E-state index contributed by atoms with van der Waals surface area (Å²) in [7, 11) is 1.63. The molecule has 1 saturated carbocycles. The van der Waals surface area contributed by atoms with Gasteiger partial charge in [-0.3, -0.25) is 4.79 Å². The predicted octanol–water partition coefficient (Wildman–Crippen LogP) is 1.56. The van der Waals surface area contributed by atoms with Gasteiger partial charge in [-0.15, -0.1) is 0 Å². The molecule has 3 unspecified atom stereocenters. The topological polar surface area (TPSA) is 49.8 Å². The molecule has 4 nitrogen and oxygen atoms in total. The highest BCUT2D eigenvalue weighted by atomic mass is 16.5. The maximum atomic E-state index is 12.2. The van der Waals surface area contributed by atoms with Crippen LogP contribution in [-0.4, -0.2) is 48.3 Å². The molecular formula is C14H25NO3. The number of ether oxygens (including phenoxy) is 1. The molecule has 0 aromatic heterocycles. The predicted molar refractivity (Wildman–Crippen MR) is 69.2 cm³/mol. The number of hydrogen-bond donors (Lipinski definition) is 1. The number of rotatable bonds is 4. The van der Waals surface area contributed by atoms with Crippen molar-refractivity contribution < 1.29 is 14.6 Å². The fourth-order valence-corrected chi connectivity index (χ4v) is 3.46. The molecule has 3 atom stereocenters. The first-order valence-electron chi connectivity index (χ1n) is 7.20. The Morgan fingerprint density at radius 2 is 2.11 bits per heavy atom. The summed E-state index contributed by atoms with van der Waals surface area (Å²) in [6.45, 7) is 1.35.